The molecule has 4 heteroatoms. The SMILES string of the molecule is CCCCC1=NCC(CN(c2cccc(Cl)c2)C(C)C)N1. The van der Waals surface area contributed by atoms with Gasteiger partial charge in [-0.25, -0.2) is 0 Å². The van der Waals surface area contributed by atoms with Crippen LogP contribution in [0.15, 0.2) is 29.3 Å². The monoisotopic (exact) mass is 307 g/mol. The van der Waals surface area contributed by atoms with Gasteiger partial charge in [0.05, 0.1) is 18.4 Å². The Morgan fingerprint density at radius 2 is 2.24 bits per heavy atom. The van der Waals surface area contributed by atoms with Gasteiger partial charge in [0, 0.05) is 29.7 Å². The van der Waals surface area contributed by atoms with E-state index in [0.29, 0.717) is 12.1 Å². The van der Waals surface area contributed by atoms with Gasteiger partial charge in [0.15, 0.2) is 0 Å². The van der Waals surface area contributed by atoms with Crippen LogP contribution < -0.4 is 10.2 Å². The van der Waals surface area contributed by atoms with Crippen LogP contribution in [0.1, 0.15) is 40.0 Å². The molecular formula is C17H26ClN3. The van der Waals surface area contributed by atoms with E-state index in [4.69, 9.17) is 11.6 Å². The Labute approximate surface area is 133 Å². The summed E-state index contributed by atoms with van der Waals surface area (Å²) < 4.78 is 0. The highest BCUT2D eigenvalue weighted by Crippen LogP contribution is 2.22. The number of hydrogen-bond donors (Lipinski definition) is 1. The van der Waals surface area contributed by atoms with Crippen molar-refractivity contribution < 1.29 is 0 Å². The van der Waals surface area contributed by atoms with E-state index >= 15 is 0 Å². The Balaban J connectivity index is 1.96. The second kappa shape index (κ2) is 7.69. The third-order valence-corrected chi connectivity index (χ3v) is 4.06. The maximum absolute atomic E-state index is 6.13. The highest BCUT2D eigenvalue weighted by Gasteiger charge is 2.21. The molecule has 1 unspecified atom stereocenters. The normalized spacial score (nSPS) is 17.8. The predicted molar refractivity (Wildman–Crippen MR) is 92.7 cm³/mol. The third kappa shape index (κ3) is 4.63. The van der Waals surface area contributed by atoms with Crippen molar-refractivity contribution >= 4 is 23.1 Å². The summed E-state index contributed by atoms with van der Waals surface area (Å²) in [6, 6.07) is 8.93. The summed E-state index contributed by atoms with van der Waals surface area (Å²) in [5, 5.41) is 4.36. The lowest BCUT2D eigenvalue weighted by Gasteiger charge is -2.31. The molecule has 0 saturated heterocycles. The highest BCUT2D eigenvalue weighted by atomic mass is 35.5. The van der Waals surface area contributed by atoms with Gasteiger partial charge in [-0.1, -0.05) is 31.0 Å². The Bertz CT molecular complexity index is 485. The summed E-state index contributed by atoms with van der Waals surface area (Å²) in [5.74, 6) is 1.18. The van der Waals surface area contributed by atoms with Gasteiger partial charge in [-0.05, 0) is 38.5 Å². The van der Waals surface area contributed by atoms with E-state index in [1.165, 1.54) is 24.4 Å². The molecule has 3 nitrogen and oxygen atoms in total. The Morgan fingerprint density at radius 3 is 2.90 bits per heavy atom. The van der Waals surface area contributed by atoms with E-state index in [1.54, 1.807) is 0 Å². The van der Waals surface area contributed by atoms with Crippen LogP contribution in [0.25, 0.3) is 0 Å². The van der Waals surface area contributed by atoms with E-state index in [2.05, 4.69) is 42.0 Å². The van der Waals surface area contributed by atoms with Gasteiger partial charge in [0.25, 0.3) is 0 Å². The first-order chi connectivity index (χ1) is 10.1. The number of nitrogens with one attached hydrogen (secondary N) is 1. The molecule has 1 atom stereocenters. The summed E-state index contributed by atoms with van der Waals surface area (Å²) in [4.78, 5) is 7.02. The van der Waals surface area contributed by atoms with Crippen LogP contribution in [0.3, 0.4) is 0 Å². The first-order valence-corrected chi connectivity index (χ1v) is 8.30. The number of benzene rings is 1. The number of unbranched alkanes of at least 4 members (excludes halogenated alkanes) is 1. The zero-order chi connectivity index (χ0) is 15.2. The summed E-state index contributed by atoms with van der Waals surface area (Å²) in [5.41, 5.74) is 1.18. The van der Waals surface area contributed by atoms with E-state index in [0.717, 1.165) is 24.5 Å². The Hall–Kier alpha value is -1.22. The van der Waals surface area contributed by atoms with Crippen molar-refractivity contribution in [3.8, 4) is 0 Å². The average Bonchev–Trinajstić information content (AvgIpc) is 2.90. The zero-order valence-electron chi connectivity index (χ0n) is 13.3. The number of amidine groups is 1. The predicted octanol–water partition coefficient (Wildman–Crippen LogP) is 4.12. The molecule has 1 N–H and O–H groups in total. The molecule has 0 amide bonds. The van der Waals surface area contributed by atoms with Crippen molar-refractivity contribution in [1.29, 1.82) is 0 Å². The Kier molecular flexibility index (Phi) is 5.92. The molecule has 21 heavy (non-hydrogen) atoms. The number of rotatable bonds is 7. The first kappa shape index (κ1) is 16.2. The summed E-state index contributed by atoms with van der Waals surface area (Å²) in [7, 11) is 0. The molecule has 1 aliphatic rings. The van der Waals surface area contributed by atoms with Gasteiger partial charge in [0.1, 0.15) is 0 Å². The van der Waals surface area contributed by atoms with E-state index < -0.39 is 0 Å². The minimum absolute atomic E-state index is 0.401. The quantitative estimate of drug-likeness (QED) is 0.820. The number of aliphatic imine (C=N–C) groups is 1. The van der Waals surface area contributed by atoms with Crippen molar-refractivity contribution in [2.45, 2.75) is 52.1 Å². The molecule has 0 radical (unpaired) electrons. The number of hydrogen-bond acceptors (Lipinski definition) is 3. The smallest absolute Gasteiger partial charge is 0.0967 e. The second-order valence-corrected chi connectivity index (χ2v) is 6.39. The molecule has 0 saturated carbocycles. The van der Waals surface area contributed by atoms with Gasteiger partial charge in [-0.3, -0.25) is 4.99 Å². The fourth-order valence-corrected chi connectivity index (χ4v) is 2.84. The molecule has 2 rings (SSSR count). The minimum Gasteiger partial charge on any atom is -0.367 e. The van der Waals surface area contributed by atoms with Crippen LogP contribution in [0.5, 0.6) is 0 Å². The maximum atomic E-state index is 6.13. The van der Waals surface area contributed by atoms with Gasteiger partial charge >= 0.3 is 0 Å². The zero-order valence-corrected chi connectivity index (χ0v) is 14.0. The van der Waals surface area contributed by atoms with Gasteiger partial charge in [-0.15, -0.1) is 0 Å². The molecule has 0 aromatic heterocycles. The molecule has 0 aliphatic carbocycles. The molecule has 1 aromatic carbocycles. The largest absolute Gasteiger partial charge is 0.367 e. The maximum Gasteiger partial charge on any atom is 0.0967 e. The summed E-state index contributed by atoms with van der Waals surface area (Å²) >= 11 is 6.13. The highest BCUT2D eigenvalue weighted by molar-refractivity contribution is 6.30. The van der Waals surface area contributed by atoms with Crippen LogP contribution in [0, 0.1) is 0 Å². The summed E-state index contributed by atoms with van der Waals surface area (Å²) in [6.45, 7) is 8.48. The molecule has 116 valence electrons. The molecule has 1 aliphatic heterocycles. The molecule has 1 heterocycles. The van der Waals surface area contributed by atoms with Crippen molar-refractivity contribution in [2.24, 2.45) is 4.99 Å². The molecule has 0 spiro atoms. The van der Waals surface area contributed by atoms with Gasteiger partial charge in [0.2, 0.25) is 0 Å². The molecule has 0 fully saturated rings. The van der Waals surface area contributed by atoms with Gasteiger partial charge in [-0.2, -0.15) is 0 Å². The van der Waals surface area contributed by atoms with Crippen LogP contribution in [-0.2, 0) is 0 Å². The number of halogens is 1. The second-order valence-electron chi connectivity index (χ2n) is 5.96. The average molecular weight is 308 g/mol. The van der Waals surface area contributed by atoms with Crippen LogP contribution >= 0.6 is 11.6 Å². The molecular weight excluding hydrogens is 282 g/mol. The first-order valence-electron chi connectivity index (χ1n) is 7.92. The lowest BCUT2D eigenvalue weighted by Crippen LogP contribution is -2.44. The van der Waals surface area contributed by atoms with Crippen molar-refractivity contribution in [1.82, 2.24) is 5.32 Å². The van der Waals surface area contributed by atoms with Gasteiger partial charge < -0.3 is 10.2 Å². The van der Waals surface area contributed by atoms with Crippen molar-refractivity contribution in [3.63, 3.8) is 0 Å². The topological polar surface area (TPSA) is 27.6 Å². The van der Waals surface area contributed by atoms with Crippen LogP contribution in [0.2, 0.25) is 5.02 Å². The van der Waals surface area contributed by atoms with Crippen molar-refractivity contribution in [3.05, 3.63) is 29.3 Å². The molecule has 1 aromatic rings. The van der Waals surface area contributed by atoms with Crippen molar-refractivity contribution in [2.75, 3.05) is 18.0 Å². The van der Waals surface area contributed by atoms with Crippen LogP contribution in [0.4, 0.5) is 5.69 Å². The third-order valence-electron chi connectivity index (χ3n) is 3.82. The number of anilines is 1. The molecule has 0 bridgehead atoms. The summed E-state index contributed by atoms with van der Waals surface area (Å²) in [6.07, 6.45) is 3.50. The Morgan fingerprint density at radius 1 is 1.43 bits per heavy atom. The number of nitrogens with zero attached hydrogens (tertiary/aromatic N) is 2. The van der Waals surface area contributed by atoms with E-state index in [-0.39, 0.29) is 0 Å². The lowest BCUT2D eigenvalue weighted by atomic mass is 10.2. The van der Waals surface area contributed by atoms with Crippen LogP contribution in [-0.4, -0.2) is 31.0 Å². The fourth-order valence-electron chi connectivity index (χ4n) is 2.65. The van der Waals surface area contributed by atoms with E-state index in [9.17, 15) is 0 Å². The fraction of sp³-hybridized carbons (Fsp3) is 0.588. The van der Waals surface area contributed by atoms with E-state index in [1.807, 2.05) is 18.2 Å². The standard InChI is InChI=1S/C17H26ClN3/c1-4-5-9-17-19-11-15(20-17)12-21(13(2)3)16-8-6-7-14(18)10-16/h6-8,10,13,15H,4-5,9,11-12H2,1-3H3,(H,19,20). The minimum atomic E-state index is 0.401. The lowest BCUT2D eigenvalue weighted by molar-refractivity contribution is 0.580.